The molecule has 2 heterocycles. The molecule has 9 heteroatoms. The number of alkyl halides is 1. The van der Waals surface area contributed by atoms with Crippen molar-refractivity contribution in [1.82, 2.24) is 19.8 Å². The molecule has 0 bridgehead atoms. The van der Waals surface area contributed by atoms with Crippen molar-refractivity contribution in [2.45, 2.75) is 42.7 Å². The van der Waals surface area contributed by atoms with E-state index in [0.29, 0.717) is 27.5 Å². The predicted octanol–water partition coefficient (Wildman–Crippen LogP) is 5.83. The lowest BCUT2D eigenvalue weighted by Gasteiger charge is -2.45. The molecule has 2 aromatic carbocycles. The molecule has 3 aromatic rings. The summed E-state index contributed by atoms with van der Waals surface area (Å²) < 4.78 is 14.6. The Labute approximate surface area is 231 Å². The van der Waals surface area contributed by atoms with E-state index < -0.39 is 0 Å². The van der Waals surface area contributed by atoms with Gasteiger partial charge in [-0.1, -0.05) is 29.2 Å². The van der Waals surface area contributed by atoms with Gasteiger partial charge in [-0.05, 0) is 88.3 Å². The number of hydrogen-bond acceptors (Lipinski definition) is 6. The molecule has 4 rings (SSSR count). The highest BCUT2D eigenvalue weighted by Crippen LogP contribution is 2.39. The van der Waals surface area contributed by atoms with Gasteiger partial charge in [0.25, 0.3) is 0 Å². The summed E-state index contributed by atoms with van der Waals surface area (Å²) in [6.07, 6.45) is 4.97. The third-order valence-corrected chi connectivity index (χ3v) is 8.14. The molecule has 1 aliphatic heterocycles. The summed E-state index contributed by atoms with van der Waals surface area (Å²) in [5, 5.41) is 7.08. The summed E-state index contributed by atoms with van der Waals surface area (Å²) >= 11 is 2.15. The van der Waals surface area contributed by atoms with Crippen molar-refractivity contribution in [3.05, 3.63) is 66.3 Å². The van der Waals surface area contributed by atoms with Gasteiger partial charge in [-0.15, -0.1) is 0 Å². The molecule has 1 aromatic heterocycles. The molecule has 0 spiro atoms. The van der Waals surface area contributed by atoms with Crippen LogP contribution in [0.3, 0.4) is 0 Å². The van der Waals surface area contributed by atoms with E-state index in [1.165, 1.54) is 18.5 Å². The number of piperidine rings is 1. The molecule has 7 nitrogen and oxygen atoms in total. The summed E-state index contributed by atoms with van der Waals surface area (Å²) in [6, 6.07) is 9.46. The fraction of sp³-hybridized carbons (Fsp3) is 0.393. The van der Waals surface area contributed by atoms with Crippen LogP contribution in [-0.4, -0.2) is 58.9 Å². The Hall–Kier alpha value is -2.63. The largest absolute Gasteiger partial charge is 0.340 e. The SMILES string of the molecule is C=CC(=O)Nc1cc2c(Nc3ccc(F)c(CI)c3)ncnc2cc1C(C)(C)N1CCC(N(C)C)CC1. The van der Waals surface area contributed by atoms with Crippen molar-refractivity contribution < 1.29 is 9.18 Å². The highest BCUT2D eigenvalue weighted by molar-refractivity contribution is 14.1. The summed E-state index contributed by atoms with van der Waals surface area (Å²) in [6.45, 7) is 9.93. The number of carbonyl (C=O) groups excluding carboxylic acids is 1. The molecule has 0 unspecified atom stereocenters. The average molecular weight is 617 g/mol. The first-order chi connectivity index (χ1) is 17.6. The van der Waals surface area contributed by atoms with E-state index in [1.807, 2.05) is 12.1 Å². The molecule has 1 saturated heterocycles. The number of carbonyl (C=O) groups is 1. The van der Waals surface area contributed by atoms with Crippen molar-refractivity contribution >= 4 is 56.6 Å². The minimum absolute atomic E-state index is 0.233. The number of nitrogens with one attached hydrogen (secondary N) is 2. The number of benzene rings is 2. The van der Waals surface area contributed by atoms with Crippen LogP contribution < -0.4 is 10.6 Å². The number of aromatic nitrogens is 2. The molecule has 0 aliphatic carbocycles. The number of amides is 1. The fourth-order valence-electron chi connectivity index (χ4n) is 5.00. The van der Waals surface area contributed by atoms with Crippen LogP contribution in [0.2, 0.25) is 0 Å². The van der Waals surface area contributed by atoms with Crippen molar-refractivity contribution in [2.75, 3.05) is 37.8 Å². The first-order valence-electron chi connectivity index (χ1n) is 12.4. The van der Waals surface area contributed by atoms with E-state index in [2.05, 4.69) is 87.5 Å². The molecule has 0 radical (unpaired) electrons. The van der Waals surface area contributed by atoms with E-state index >= 15 is 0 Å². The number of rotatable bonds is 8. The maximum absolute atomic E-state index is 14.0. The smallest absolute Gasteiger partial charge is 0.247 e. The van der Waals surface area contributed by atoms with Crippen LogP contribution >= 0.6 is 22.6 Å². The standard InChI is InChI=1S/C28H34FIN6O/c1-6-26(37)34-25-14-21-24(15-22(25)28(2,3)36-11-9-20(10-12-36)35(4)5)31-17-32-27(21)33-19-7-8-23(29)18(13-19)16-30/h6-8,13-15,17,20H,1,9-12,16H2,2-5H3,(H,34,37)(H,31,32,33). The molecule has 1 amide bonds. The summed E-state index contributed by atoms with van der Waals surface area (Å²) in [7, 11) is 4.27. The van der Waals surface area contributed by atoms with Crippen LogP contribution in [0.4, 0.5) is 21.6 Å². The van der Waals surface area contributed by atoms with E-state index in [9.17, 15) is 9.18 Å². The van der Waals surface area contributed by atoms with Crippen molar-refractivity contribution in [3.8, 4) is 0 Å². The van der Waals surface area contributed by atoms with Gasteiger partial charge in [0.1, 0.15) is 18.0 Å². The molecule has 37 heavy (non-hydrogen) atoms. The van der Waals surface area contributed by atoms with Crippen molar-refractivity contribution in [3.63, 3.8) is 0 Å². The van der Waals surface area contributed by atoms with E-state index in [4.69, 9.17) is 0 Å². The van der Waals surface area contributed by atoms with Crippen LogP contribution in [0.5, 0.6) is 0 Å². The van der Waals surface area contributed by atoms with Gasteiger partial charge >= 0.3 is 0 Å². The van der Waals surface area contributed by atoms with E-state index in [0.717, 1.165) is 48.1 Å². The monoisotopic (exact) mass is 616 g/mol. The molecule has 1 aliphatic rings. The Morgan fingerprint density at radius 1 is 1.24 bits per heavy atom. The predicted molar refractivity (Wildman–Crippen MR) is 157 cm³/mol. The molecule has 0 saturated carbocycles. The Kier molecular flexibility index (Phi) is 8.45. The first kappa shape index (κ1) is 27.4. The molecular formula is C28H34FIN6O. The number of halogens is 2. The van der Waals surface area contributed by atoms with Gasteiger partial charge in [-0.3, -0.25) is 9.69 Å². The minimum Gasteiger partial charge on any atom is -0.340 e. The molecular weight excluding hydrogens is 582 g/mol. The maximum atomic E-state index is 14.0. The Bertz CT molecular complexity index is 1300. The first-order valence-corrected chi connectivity index (χ1v) is 13.9. The normalized spacial score (nSPS) is 15.2. The highest BCUT2D eigenvalue weighted by Gasteiger charge is 2.35. The Balaban J connectivity index is 1.75. The highest BCUT2D eigenvalue weighted by atomic mass is 127. The number of likely N-dealkylation sites (tertiary alicyclic amines) is 1. The second-order valence-corrected chi connectivity index (χ2v) is 10.9. The third-order valence-electron chi connectivity index (χ3n) is 7.31. The van der Waals surface area contributed by atoms with Crippen LogP contribution in [0.1, 0.15) is 37.8 Å². The minimum atomic E-state index is -0.347. The summed E-state index contributed by atoms with van der Waals surface area (Å²) in [5.74, 6) is 0.0731. The van der Waals surface area contributed by atoms with Gasteiger partial charge in [-0.25, -0.2) is 14.4 Å². The number of nitrogens with zero attached hydrogens (tertiary/aromatic N) is 4. The number of anilines is 3. The van der Waals surface area contributed by atoms with Crippen molar-refractivity contribution in [2.24, 2.45) is 0 Å². The third kappa shape index (κ3) is 5.94. The zero-order valence-corrected chi connectivity index (χ0v) is 24.0. The van der Waals surface area contributed by atoms with Gasteiger partial charge in [-0.2, -0.15) is 0 Å². The van der Waals surface area contributed by atoms with Crippen LogP contribution in [0.15, 0.2) is 49.3 Å². The molecule has 0 atom stereocenters. The topological polar surface area (TPSA) is 73.4 Å². The van der Waals surface area contributed by atoms with Gasteiger partial charge in [0, 0.05) is 45.9 Å². The molecule has 196 valence electrons. The summed E-state index contributed by atoms with van der Waals surface area (Å²) in [5.41, 5.74) is 3.44. The van der Waals surface area contributed by atoms with Crippen LogP contribution in [-0.2, 0) is 14.8 Å². The maximum Gasteiger partial charge on any atom is 0.247 e. The van der Waals surface area contributed by atoms with E-state index in [1.54, 1.807) is 12.1 Å². The quantitative estimate of drug-likeness (QED) is 0.189. The lowest BCUT2D eigenvalue weighted by Crippen LogP contribution is -2.49. The zero-order chi connectivity index (χ0) is 26.7. The fourth-order valence-corrected chi connectivity index (χ4v) is 5.58. The van der Waals surface area contributed by atoms with E-state index in [-0.39, 0.29) is 17.3 Å². The van der Waals surface area contributed by atoms with Crippen molar-refractivity contribution in [1.29, 1.82) is 0 Å². The Morgan fingerprint density at radius 2 is 1.97 bits per heavy atom. The van der Waals surface area contributed by atoms with Gasteiger partial charge in [0.2, 0.25) is 5.91 Å². The lowest BCUT2D eigenvalue weighted by atomic mass is 9.87. The number of fused-ring (bicyclic) bond motifs is 1. The van der Waals surface area contributed by atoms with Gasteiger partial charge < -0.3 is 15.5 Å². The summed E-state index contributed by atoms with van der Waals surface area (Å²) in [4.78, 5) is 26.2. The van der Waals surface area contributed by atoms with Gasteiger partial charge in [0.15, 0.2) is 0 Å². The van der Waals surface area contributed by atoms with Crippen LogP contribution in [0, 0.1) is 5.82 Å². The molecule has 2 N–H and O–H groups in total. The second-order valence-electron chi connectivity index (χ2n) is 10.1. The van der Waals surface area contributed by atoms with Gasteiger partial charge in [0.05, 0.1) is 5.52 Å². The number of hydrogen-bond donors (Lipinski definition) is 2. The Morgan fingerprint density at radius 3 is 2.62 bits per heavy atom. The zero-order valence-electron chi connectivity index (χ0n) is 21.8. The lowest BCUT2D eigenvalue weighted by molar-refractivity contribution is -0.111. The van der Waals surface area contributed by atoms with Crippen LogP contribution in [0.25, 0.3) is 10.9 Å². The second kappa shape index (κ2) is 11.4. The average Bonchev–Trinajstić information content (AvgIpc) is 2.89. The molecule has 1 fully saturated rings.